The van der Waals surface area contributed by atoms with E-state index >= 15 is 0 Å². The highest BCUT2D eigenvalue weighted by atomic mass is 17.2. The van der Waals surface area contributed by atoms with Crippen LogP contribution in [-0.2, 0) is 9.78 Å². The van der Waals surface area contributed by atoms with Gasteiger partial charge in [0, 0.05) is 0 Å². The van der Waals surface area contributed by atoms with Crippen molar-refractivity contribution in [2.75, 3.05) is 6.61 Å². The third kappa shape index (κ3) is 4.07. The van der Waals surface area contributed by atoms with E-state index in [1.165, 1.54) is 32.1 Å². The van der Waals surface area contributed by atoms with Crippen molar-refractivity contribution in [1.82, 2.24) is 0 Å². The fraction of sp³-hybridized carbons (Fsp3) is 1.00. The Labute approximate surface area is 75.2 Å². The molecule has 0 spiro atoms. The highest BCUT2D eigenvalue weighted by molar-refractivity contribution is 4.58. The molecule has 0 bridgehead atoms. The molecule has 0 radical (unpaired) electrons. The van der Waals surface area contributed by atoms with E-state index in [2.05, 4.69) is 6.92 Å². The lowest BCUT2D eigenvalue weighted by atomic mass is 10.1. The fourth-order valence-electron chi connectivity index (χ4n) is 1.53. The van der Waals surface area contributed by atoms with Gasteiger partial charge in [0.25, 0.3) is 0 Å². The van der Waals surface area contributed by atoms with Crippen molar-refractivity contribution in [2.24, 2.45) is 0 Å². The van der Waals surface area contributed by atoms with E-state index in [9.17, 15) is 0 Å². The lowest BCUT2D eigenvalue weighted by molar-refractivity contribution is -0.330. The second-order valence-electron chi connectivity index (χ2n) is 3.53. The Morgan fingerprint density at radius 2 is 2.17 bits per heavy atom. The summed E-state index contributed by atoms with van der Waals surface area (Å²) in [6.07, 6.45) is 8.97. The van der Waals surface area contributed by atoms with Crippen LogP contribution in [0.4, 0.5) is 0 Å². The molecule has 1 rings (SSSR count). The normalized spacial score (nSPS) is 26.2. The summed E-state index contributed by atoms with van der Waals surface area (Å²) >= 11 is 0. The Kier molecular flexibility index (Phi) is 5.37. The molecule has 1 aliphatic heterocycles. The maximum Gasteiger partial charge on any atom is 0.0930 e. The zero-order valence-electron chi connectivity index (χ0n) is 8.05. The minimum Gasteiger partial charge on any atom is -0.236 e. The summed E-state index contributed by atoms with van der Waals surface area (Å²) in [7, 11) is 0. The first-order valence-electron chi connectivity index (χ1n) is 5.21. The zero-order chi connectivity index (χ0) is 8.65. The van der Waals surface area contributed by atoms with Crippen molar-refractivity contribution < 1.29 is 9.78 Å². The van der Waals surface area contributed by atoms with Crippen LogP contribution in [0.2, 0.25) is 0 Å². The van der Waals surface area contributed by atoms with Crippen LogP contribution >= 0.6 is 0 Å². The van der Waals surface area contributed by atoms with Crippen LogP contribution in [-0.4, -0.2) is 12.7 Å². The first-order valence-corrected chi connectivity index (χ1v) is 5.21. The zero-order valence-corrected chi connectivity index (χ0v) is 8.05. The lowest BCUT2D eigenvalue weighted by Gasteiger charge is -2.18. The largest absolute Gasteiger partial charge is 0.236 e. The van der Waals surface area contributed by atoms with Crippen molar-refractivity contribution in [3.63, 3.8) is 0 Å². The van der Waals surface area contributed by atoms with E-state index in [-0.39, 0.29) is 0 Å². The molecular formula is C10H20O2. The fourth-order valence-corrected chi connectivity index (χ4v) is 1.53. The van der Waals surface area contributed by atoms with Gasteiger partial charge in [0.2, 0.25) is 0 Å². The van der Waals surface area contributed by atoms with Crippen molar-refractivity contribution in [3.05, 3.63) is 0 Å². The maximum atomic E-state index is 5.28. The molecule has 12 heavy (non-hydrogen) atoms. The highest BCUT2D eigenvalue weighted by Crippen LogP contribution is 2.16. The number of rotatable bonds is 3. The van der Waals surface area contributed by atoms with Crippen LogP contribution in [0.25, 0.3) is 0 Å². The molecule has 2 nitrogen and oxygen atoms in total. The lowest BCUT2D eigenvalue weighted by Crippen LogP contribution is -2.16. The van der Waals surface area contributed by atoms with E-state index in [1.54, 1.807) is 0 Å². The first-order chi connectivity index (χ1) is 5.93. The molecule has 1 fully saturated rings. The summed E-state index contributed by atoms with van der Waals surface area (Å²) < 4.78 is 0. The molecule has 1 atom stereocenters. The van der Waals surface area contributed by atoms with Gasteiger partial charge in [-0.3, -0.25) is 0 Å². The van der Waals surface area contributed by atoms with Gasteiger partial charge >= 0.3 is 0 Å². The van der Waals surface area contributed by atoms with E-state index in [4.69, 9.17) is 9.78 Å². The molecule has 0 aliphatic carbocycles. The minimum absolute atomic E-state index is 0.366. The molecule has 1 heterocycles. The molecule has 72 valence electrons. The van der Waals surface area contributed by atoms with Crippen LogP contribution in [0.15, 0.2) is 0 Å². The summed E-state index contributed by atoms with van der Waals surface area (Å²) in [6.45, 7) is 2.99. The van der Waals surface area contributed by atoms with Crippen LogP contribution in [0.1, 0.15) is 51.9 Å². The van der Waals surface area contributed by atoms with E-state index < -0.39 is 0 Å². The smallest absolute Gasteiger partial charge is 0.0930 e. The standard InChI is InChI=1S/C10H20O2/c1-2-3-7-10-8-5-4-6-9-11-12-10/h10H,2-9H2,1H3. The van der Waals surface area contributed by atoms with E-state index in [0.29, 0.717) is 6.10 Å². The van der Waals surface area contributed by atoms with Crippen LogP contribution in [0.5, 0.6) is 0 Å². The number of unbranched alkanes of at least 4 members (excludes halogenated alkanes) is 1. The van der Waals surface area contributed by atoms with Crippen molar-refractivity contribution in [1.29, 1.82) is 0 Å². The van der Waals surface area contributed by atoms with Gasteiger partial charge in [0.1, 0.15) is 0 Å². The number of hydrogen-bond acceptors (Lipinski definition) is 2. The Balaban J connectivity index is 2.11. The summed E-state index contributed by atoms with van der Waals surface area (Å²) in [5, 5.41) is 0. The summed E-state index contributed by atoms with van der Waals surface area (Å²) in [5.74, 6) is 0. The van der Waals surface area contributed by atoms with E-state index in [1.807, 2.05) is 0 Å². The molecule has 0 N–H and O–H groups in total. The third-order valence-electron chi connectivity index (χ3n) is 2.34. The Morgan fingerprint density at radius 1 is 1.25 bits per heavy atom. The quantitative estimate of drug-likeness (QED) is 0.609. The average molecular weight is 172 g/mol. The monoisotopic (exact) mass is 172 g/mol. The average Bonchev–Trinajstić information content (AvgIpc) is 2.02. The molecular weight excluding hydrogens is 152 g/mol. The molecule has 0 saturated carbocycles. The van der Waals surface area contributed by atoms with Gasteiger partial charge in [-0.2, -0.15) is 0 Å². The van der Waals surface area contributed by atoms with Gasteiger partial charge in [-0.25, -0.2) is 9.78 Å². The summed E-state index contributed by atoms with van der Waals surface area (Å²) in [5.41, 5.74) is 0. The maximum absolute atomic E-state index is 5.28. The van der Waals surface area contributed by atoms with Gasteiger partial charge in [-0.15, -0.1) is 0 Å². The SMILES string of the molecule is CCCCC1CCCCCOO1. The molecule has 2 heteroatoms. The molecule has 0 aromatic rings. The van der Waals surface area contributed by atoms with Crippen molar-refractivity contribution >= 4 is 0 Å². The molecule has 0 aromatic carbocycles. The van der Waals surface area contributed by atoms with Crippen LogP contribution in [0.3, 0.4) is 0 Å². The Bertz CT molecular complexity index is 93.3. The highest BCUT2D eigenvalue weighted by Gasteiger charge is 2.11. The molecule has 0 aromatic heterocycles. The Hall–Kier alpha value is -0.0800. The molecule has 1 unspecified atom stereocenters. The van der Waals surface area contributed by atoms with Gasteiger partial charge < -0.3 is 0 Å². The van der Waals surface area contributed by atoms with Gasteiger partial charge in [0.15, 0.2) is 0 Å². The summed E-state index contributed by atoms with van der Waals surface area (Å²) in [4.78, 5) is 10.4. The molecule has 1 aliphatic rings. The van der Waals surface area contributed by atoms with Crippen LogP contribution < -0.4 is 0 Å². The van der Waals surface area contributed by atoms with Gasteiger partial charge in [0.05, 0.1) is 12.7 Å². The second-order valence-corrected chi connectivity index (χ2v) is 3.53. The Morgan fingerprint density at radius 3 is 3.00 bits per heavy atom. The van der Waals surface area contributed by atoms with Crippen molar-refractivity contribution in [2.45, 2.75) is 58.0 Å². The topological polar surface area (TPSA) is 18.5 Å². The van der Waals surface area contributed by atoms with Gasteiger partial charge in [-0.1, -0.05) is 32.6 Å². The summed E-state index contributed by atoms with van der Waals surface area (Å²) in [6, 6.07) is 0. The minimum atomic E-state index is 0.366. The third-order valence-corrected chi connectivity index (χ3v) is 2.34. The predicted octanol–water partition coefficient (Wildman–Crippen LogP) is 3.07. The molecule has 1 saturated heterocycles. The van der Waals surface area contributed by atoms with Gasteiger partial charge in [-0.05, 0) is 19.3 Å². The van der Waals surface area contributed by atoms with Crippen molar-refractivity contribution in [3.8, 4) is 0 Å². The van der Waals surface area contributed by atoms with E-state index in [0.717, 1.165) is 19.4 Å². The number of hydrogen-bond donors (Lipinski definition) is 0. The predicted molar refractivity (Wildman–Crippen MR) is 48.8 cm³/mol. The second kappa shape index (κ2) is 6.44. The van der Waals surface area contributed by atoms with Crippen LogP contribution in [0, 0.1) is 0 Å². The first kappa shape index (κ1) is 10.0. The molecule has 0 amide bonds.